The third-order valence-corrected chi connectivity index (χ3v) is 3.68. The first kappa shape index (κ1) is 11.3. The molecule has 0 spiro atoms. The normalized spacial score (nSPS) is 15.4. The molecule has 1 amide bonds. The average molecular weight is 233 g/mol. The molecule has 0 unspecified atom stereocenters. The molecule has 2 rings (SSSR count). The molecule has 2 nitrogen and oxygen atoms in total. The van der Waals surface area contributed by atoms with Crippen molar-refractivity contribution >= 4 is 17.7 Å². The van der Waals surface area contributed by atoms with Crippen LogP contribution in [0.2, 0.25) is 0 Å². The Bertz CT molecular complexity index is 411. The molecule has 0 aromatic heterocycles. The summed E-state index contributed by atoms with van der Waals surface area (Å²) < 4.78 is 0. The van der Waals surface area contributed by atoms with Crippen LogP contribution in [0.15, 0.2) is 46.4 Å². The topological polar surface area (TPSA) is 29.1 Å². The van der Waals surface area contributed by atoms with Gasteiger partial charge in [-0.15, -0.1) is 11.8 Å². The fraction of sp³-hybridized carbons (Fsp3) is 0.308. The van der Waals surface area contributed by atoms with Gasteiger partial charge >= 0.3 is 0 Å². The predicted octanol–water partition coefficient (Wildman–Crippen LogP) is 2.62. The lowest BCUT2D eigenvalue weighted by Crippen LogP contribution is -2.17. The van der Waals surface area contributed by atoms with Crippen molar-refractivity contribution in [2.75, 3.05) is 12.3 Å². The largest absolute Gasteiger partial charge is 0.349 e. The first-order chi connectivity index (χ1) is 7.77. The van der Waals surface area contributed by atoms with Crippen molar-refractivity contribution in [1.82, 2.24) is 5.32 Å². The Morgan fingerprint density at radius 2 is 2.06 bits per heavy atom. The molecule has 1 aromatic carbocycles. The smallest absolute Gasteiger partial charge is 0.247 e. The summed E-state index contributed by atoms with van der Waals surface area (Å²) in [6.45, 7) is 2.75. The molecule has 1 aliphatic heterocycles. The minimum Gasteiger partial charge on any atom is -0.349 e. The van der Waals surface area contributed by atoms with Gasteiger partial charge in [0.2, 0.25) is 5.91 Å². The van der Waals surface area contributed by atoms with Crippen LogP contribution >= 0.6 is 11.8 Å². The van der Waals surface area contributed by atoms with E-state index in [1.54, 1.807) is 11.8 Å². The molecule has 1 N–H and O–H groups in total. The summed E-state index contributed by atoms with van der Waals surface area (Å²) >= 11 is 1.80. The van der Waals surface area contributed by atoms with Crippen LogP contribution in [0.1, 0.15) is 13.3 Å². The molecule has 16 heavy (non-hydrogen) atoms. The quantitative estimate of drug-likeness (QED) is 0.810. The van der Waals surface area contributed by atoms with Crippen molar-refractivity contribution in [3.05, 3.63) is 41.5 Å². The van der Waals surface area contributed by atoms with Gasteiger partial charge in [0.15, 0.2) is 0 Å². The van der Waals surface area contributed by atoms with Gasteiger partial charge in [-0.2, -0.15) is 0 Å². The van der Waals surface area contributed by atoms with E-state index < -0.39 is 0 Å². The number of hydrogen-bond donors (Lipinski definition) is 1. The number of amides is 1. The van der Waals surface area contributed by atoms with Crippen molar-refractivity contribution in [2.45, 2.75) is 18.2 Å². The number of thioether (sulfide) groups is 1. The maximum atomic E-state index is 11.4. The molecule has 0 aliphatic carbocycles. The van der Waals surface area contributed by atoms with Gasteiger partial charge < -0.3 is 5.32 Å². The van der Waals surface area contributed by atoms with Crippen molar-refractivity contribution < 1.29 is 4.79 Å². The van der Waals surface area contributed by atoms with Crippen LogP contribution in [0.5, 0.6) is 0 Å². The van der Waals surface area contributed by atoms with Crippen LogP contribution in [0.25, 0.3) is 0 Å². The number of benzene rings is 1. The highest BCUT2D eigenvalue weighted by Crippen LogP contribution is 2.22. The molecule has 1 aromatic rings. The van der Waals surface area contributed by atoms with Gasteiger partial charge in [0, 0.05) is 22.8 Å². The number of hydrogen-bond acceptors (Lipinski definition) is 2. The SMILES string of the molecule is CC1=C(CCSc2ccccc2)C(=O)NC1. The molecule has 0 fully saturated rings. The van der Waals surface area contributed by atoms with Gasteiger partial charge in [-0.1, -0.05) is 18.2 Å². The van der Waals surface area contributed by atoms with E-state index in [1.807, 2.05) is 25.1 Å². The van der Waals surface area contributed by atoms with E-state index >= 15 is 0 Å². The molecule has 1 heterocycles. The number of carbonyl (C=O) groups excluding carboxylic acids is 1. The third-order valence-electron chi connectivity index (χ3n) is 2.67. The van der Waals surface area contributed by atoms with Gasteiger partial charge in [-0.3, -0.25) is 4.79 Å². The number of carbonyl (C=O) groups is 1. The highest BCUT2D eigenvalue weighted by Gasteiger charge is 2.18. The van der Waals surface area contributed by atoms with E-state index in [-0.39, 0.29) is 5.91 Å². The van der Waals surface area contributed by atoms with Crippen LogP contribution in [-0.2, 0) is 4.79 Å². The average Bonchev–Trinajstić information content (AvgIpc) is 2.62. The van der Waals surface area contributed by atoms with E-state index in [9.17, 15) is 4.79 Å². The Morgan fingerprint density at radius 1 is 1.31 bits per heavy atom. The van der Waals surface area contributed by atoms with Gasteiger partial charge in [-0.05, 0) is 31.1 Å². The Kier molecular flexibility index (Phi) is 3.67. The maximum absolute atomic E-state index is 11.4. The van der Waals surface area contributed by atoms with Crippen LogP contribution in [0.3, 0.4) is 0 Å². The first-order valence-electron chi connectivity index (χ1n) is 5.42. The second kappa shape index (κ2) is 5.21. The van der Waals surface area contributed by atoms with Crippen LogP contribution in [0, 0.1) is 0 Å². The molecule has 3 heteroatoms. The van der Waals surface area contributed by atoms with Crippen molar-refractivity contribution in [3.8, 4) is 0 Å². The van der Waals surface area contributed by atoms with E-state index in [0.29, 0.717) is 0 Å². The maximum Gasteiger partial charge on any atom is 0.247 e. The lowest BCUT2D eigenvalue weighted by atomic mass is 10.1. The standard InChI is InChI=1S/C13H15NOS/c1-10-9-14-13(15)12(10)7-8-16-11-5-3-2-4-6-11/h2-6H,7-9H2,1H3,(H,14,15). The molecular formula is C13H15NOS. The first-order valence-corrected chi connectivity index (χ1v) is 6.40. The van der Waals surface area contributed by atoms with Crippen LogP contribution in [0.4, 0.5) is 0 Å². The number of nitrogens with one attached hydrogen (secondary N) is 1. The fourth-order valence-electron chi connectivity index (χ4n) is 1.73. The Balaban J connectivity index is 1.85. The zero-order valence-corrected chi connectivity index (χ0v) is 10.1. The van der Waals surface area contributed by atoms with E-state index in [1.165, 1.54) is 10.5 Å². The highest BCUT2D eigenvalue weighted by atomic mass is 32.2. The highest BCUT2D eigenvalue weighted by molar-refractivity contribution is 7.99. The molecule has 0 bridgehead atoms. The summed E-state index contributed by atoms with van der Waals surface area (Å²) in [7, 11) is 0. The molecule has 0 radical (unpaired) electrons. The Morgan fingerprint density at radius 3 is 2.69 bits per heavy atom. The van der Waals surface area contributed by atoms with Gasteiger partial charge in [0.05, 0.1) is 0 Å². The van der Waals surface area contributed by atoms with E-state index in [2.05, 4.69) is 17.4 Å². The zero-order chi connectivity index (χ0) is 11.4. The lowest BCUT2D eigenvalue weighted by Gasteiger charge is -2.02. The summed E-state index contributed by atoms with van der Waals surface area (Å²) in [5.74, 6) is 1.08. The van der Waals surface area contributed by atoms with Gasteiger partial charge in [-0.25, -0.2) is 0 Å². The van der Waals surface area contributed by atoms with Crippen molar-refractivity contribution in [2.24, 2.45) is 0 Å². The van der Waals surface area contributed by atoms with Gasteiger partial charge in [0.25, 0.3) is 0 Å². The minimum atomic E-state index is 0.117. The molecule has 0 atom stereocenters. The zero-order valence-electron chi connectivity index (χ0n) is 9.32. The second-order valence-corrected chi connectivity index (χ2v) is 5.02. The molecule has 1 aliphatic rings. The third kappa shape index (κ3) is 2.67. The molecule has 0 saturated carbocycles. The number of rotatable bonds is 4. The Hall–Kier alpha value is -1.22. The summed E-state index contributed by atoms with van der Waals surface area (Å²) in [5.41, 5.74) is 2.17. The van der Waals surface area contributed by atoms with Crippen LogP contribution < -0.4 is 5.32 Å². The van der Waals surface area contributed by atoms with Crippen molar-refractivity contribution in [1.29, 1.82) is 0 Å². The summed E-state index contributed by atoms with van der Waals surface area (Å²) in [4.78, 5) is 12.7. The van der Waals surface area contributed by atoms with E-state index in [4.69, 9.17) is 0 Å². The van der Waals surface area contributed by atoms with Gasteiger partial charge in [0.1, 0.15) is 0 Å². The molecule has 0 saturated heterocycles. The Labute approximate surface area is 100 Å². The summed E-state index contributed by atoms with van der Waals surface area (Å²) in [6.07, 6.45) is 0.858. The fourth-order valence-corrected chi connectivity index (χ4v) is 2.63. The lowest BCUT2D eigenvalue weighted by molar-refractivity contribution is -0.116. The predicted molar refractivity (Wildman–Crippen MR) is 67.5 cm³/mol. The molecular weight excluding hydrogens is 218 g/mol. The second-order valence-electron chi connectivity index (χ2n) is 3.85. The minimum absolute atomic E-state index is 0.117. The van der Waals surface area contributed by atoms with Crippen molar-refractivity contribution in [3.63, 3.8) is 0 Å². The summed E-state index contributed by atoms with van der Waals surface area (Å²) in [6, 6.07) is 10.3. The monoisotopic (exact) mass is 233 g/mol. The summed E-state index contributed by atoms with van der Waals surface area (Å²) in [5, 5.41) is 2.85. The van der Waals surface area contributed by atoms with Crippen LogP contribution in [-0.4, -0.2) is 18.2 Å². The van der Waals surface area contributed by atoms with E-state index in [0.717, 1.165) is 24.3 Å². The molecule has 84 valence electrons.